The van der Waals surface area contributed by atoms with Crippen molar-refractivity contribution in [2.24, 2.45) is 0 Å². The number of carbonyl (C=O) groups excluding carboxylic acids is 3. The molecule has 2 unspecified atom stereocenters. The molecule has 0 saturated carbocycles. The summed E-state index contributed by atoms with van der Waals surface area (Å²) < 4.78 is 10.9. The SMILES string of the molecule is Cc1ccc(N2C(=O)C(N3C(=O)c4ccc([N+](=O)[O-])cc4C3=O)C2c2ccc3c(c2)OCO3)cc1Cl. The third kappa shape index (κ3) is 3.07. The van der Waals surface area contributed by atoms with Crippen LogP contribution in [0.3, 0.4) is 0 Å². The highest BCUT2D eigenvalue weighted by atomic mass is 35.5. The van der Waals surface area contributed by atoms with E-state index in [1.165, 1.54) is 11.0 Å². The standard InChI is InChI=1S/C25H16ClN3O7/c1-12-2-4-14(10-18(12)26)27-21(13-3-7-19-20(8-13)36-11-35-19)22(25(27)32)28-23(30)16-6-5-15(29(33)34)9-17(16)24(28)31/h2-10,21-22H,11H2,1H3. The van der Waals surface area contributed by atoms with Gasteiger partial charge in [-0.2, -0.15) is 0 Å². The van der Waals surface area contributed by atoms with Crippen molar-refractivity contribution in [3.05, 3.63) is 92.0 Å². The minimum absolute atomic E-state index is 0.0136. The van der Waals surface area contributed by atoms with Crippen molar-refractivity contribution in [3.8, 4) is 11.5 Å². The van der Waals surface area contributed by atoms with E-state index in [1.807, 2.05) is 6.92 Å². The predicted molar refractivity (Wildman–Crippen MR) is 126 cm³/mol. The van der Waals surface area contributed by atoms with Crippen molar-refractivity contribution in [1.29, 1.82) is 0 Å². The highest BCUT2D eigenvalue weighted by Crippen LogP contribution is 2.47. The first-order valence-corrected chi connectivity index (χ1v) is 11.3. The lowest BCUT2D eigenvalue weighted by molar-refractivity contribution is -0.384. The van der Waals surface area contributed by atoms with Gasteiger partial charge in [0, 0.05) is 22.8 Å². The van der Waals surface area contributed by atoms with Gasteiger partial charge in [-0.25, -0.2) is 0 Å². The summed E-state index contributed by atoms with van der Waals surface area (Å²) >= 11 is 6.32. The van der Waals surface area contributed by atoms with Gasteiger partial charge in [0.1, 0.15) is 6.04 Å². The average Bonchev–Trinajstić information content (AvgIpc) is 3.42. The van der Waals surface area contributed by atoms with Crippen LogP contribution in [0.15, 0.2) is 54.6 Å². The molecule has 3 amide bonds. The molecule has 3 heterocycles. The smallest absolute Gasteiger partial charge is 0.270 e. The number of nitro groups is 1. The molecule has 3 aromatic rings. The van der Waals surface area contributed by atoms with Gasteiger partial charge in [0.05, 0.1) is 22.1 Å². The van der Waals surface area contributed by atoms with Crippen molar-refractivity contribution >= 4 is 40.7 Å². The van der Waals surface area contributed by atoms with E-state index < -0.39 is 34.7 Å². The first kappa shape index (κ1) is 22.1. The number of nitro benzene ring substituents is 1. The number of carbonyl (C=O) groups is 3. The molecule has 1 fully saturated rings. The zero-order valence-corrected chi connectivity index (χ0v) is 19.4. The van der Waals surface area contributed by atoms with E-state index in [9.17, 15) is 24.5 Å². The number of halogens is 1. The molecule has 180 valence electrons. The van der Waals surface area contributed by atoms with Gasteiger partial charge >= 0.3 is 0 Å². The van der Waals surface area contributed by atoms with Crippen LogP contribution in [0.4, 0.5) is 11.4 Å². The van der Waals surface area contributed by atoms with Gasteiger partial charge in [0.15, 0.2) is 11.5 Å². The second-order valence-electron chi connectivity index (χ2n) is 8.61. The molecule has 0 radical (unpaired) electrons. The van der Waals surface area contributed by atoms with Crippen LogP contribution in [-0.4, -0.2) is 40.4 Å². The highest BCUT2D eigenvalue weighted by Gasteiger charge is 2.57. The molecule has 11 heteroatoms. The summed E-state index contributed by atoms with van der Waals surface area (Å²) in [6.07, 6.45) is 0. The Kier molecular flexibility index (Phi) is 4.77. The van der Waals surface area contributed by atoms with Crippen LogP contribution in [0.25, 0.3) is 0 Å². The first-order chi connectivity index (χ1) is 17.3. The summed E-state index contributed by atoms with van der Waals surface area (Å²) in [7, 11) is 0. The van der Waals surface area contributed by atoms with Crippen molar-refractivity contribution < 1.29 is 28.8 Å². The van der Waals surface area contributed by atoms with E-state index in [1.54, 1.807) is 36.4 Å². The molecule has 0 aliphatic carbocycles. The summed E-state index contributed by atoms with van der Waals surface area (Å²) in [6, 6.07) is 11.8. The molecule has 0 N–H and O–H groups in total. The lowest BCUT2D eigenvalue weighted by atomic mass is 9.86. The molecule has 0 bridgehead atoms. The average molecular weight is 506 g/mol. The summed E-state index contributed by atoms with van der Waals surface area (Å²) in [6.45, 7) is 1.89. The number of nitrogens with zero attached hydrogens (tertiary/aromatic N) is 3. The van der Waals surface area contributed by atoms with Crippen molar-refractivity contribution in [2.45, 2.75) is 19.0 Å². The maximum absolute atomic E-state index is 13.6. The van der Waals surface area contributed by atoms with E-state index in [-0.39, 0.29) is 23.6 Å². The lowest BCUT2D eigenvalue weighted by Crippen LogP contribution is -2.67. The van der Waals surface area contributed by atoms with Gasteiger partial charge in [-0.1, -0.05) is 23.7 Å². The number of hydrogen-bond acceptors (Lipinski definition) is 7. The van der Waals surface area contributed by atoms with Gasteiger partial charge in [-0.15, -0.1) is 0 Å². The number of β-lactam (4-membered cyclic amide) rings is 1. The zero-order chi connectivity index (χ0) is 25.3. The number of imide groups is 1. The molecular formula is C25H16ClN3O7. The maximum atomic E-state index is 13.6. The quantitative estimate of drug-likeness (QED) is 0.227. The van der Waals surface area contributed by atoms with E-state index in [2.05, 4.69) is 0 Å². The highest BCUT2D eigenvalue weighted by molar-refractivity contribution is 6.32. The number of aryl methyl sites for hydroxylation is 1. The molecule has 0 aromatic heterocycles. The number of benzene rings is 3. The Labute approximate surface area is 208 Å². The van der Waals surface area contributed by atoms with Gasteiger partial charge in [0.25, 0.3) is 23.4 Å². The van der Waals surface area contributed by atoms with Crippen molar-refractivity contribution in [2.75, 3.05) is 11.7 Å². The molecular weight excluding hydrogens is 490 g/mol. The number of fused-ring (bicyclic) bond motifs is 2. The molecule has 3 aromatic carbocycles. The van der Waals surface area contributed by atoms with Gasteiger partial charge in [-0.3, -0.25) is 29.4 Å². The summed E-state index contributed by atoms with van der Waals surface area (Å²) in [4.78, 5) is 53.1. The van der Waals surface area contributed by atoms with Crippen LogP contribution in [-0.2, 0) is 4.79 Å². The topological polar surface area (TPSA) is 119 Å². The predicted octanol–water partition coefficient (Wildman–Crippen LogP) is 4.04. The first-order valence-electron chi connectivity index (χ1n) is 10.9. The fourth-order valence-electron chi connectivity index (χ4n) is 4.79. The van der Waals surface area contributed by atoms with Crippen LogP contribution >= 0.6 is 11.6 Å². The Hall–Kier alpha value is -4.44. The Bertz CT molecular complexity index is 1520. The Morgan fingerprint density at radius 2 is 1.64 bits per heavy atom. The Balaban J connectivity index is 1.44. The second kappa shape index (κ2) is 7.79. The van der Waals surface area contributed by atoms with Crippen LogP contribution in [0.2, 0.25) is 5.02 Å². The number of hydrogen-bond donors (Lipinski definition) is 0. The number of anilines is 1. The fourth-order valence-corrected chi connectivity index (χ4v) is 4.96. The summed E-state index contributed by atoms with van der Waals surface area (Å²) in [5.41, 5.74) is 1.53. The van der Waals surface area contributed by atoms with E-state index in [4.69, 9.17) is 21.1 Å². The van der Waals surface area contributed by atoms with Crippen LogP contribution in [0.1, 0.15) is 37.9 Å². The molecule has 1 saturated heterocycles. The minimum Gasteiger partial charge on any atom is -0.454 e. The molecule has 2 atom stereocenters. The summed E-state index contributed by atoms with van der Waals surface area (Å²) in [5, 5.41) is 11.7. The zero-order valence-electron chi connectivity index (χ0n) is 18.6. The van der Waals surface area contributed by atoms with Crippen molar-refractivity contribution in [3.63, 3.8) is 0 Å². The third-order valence-corrected chi connectivity index (χ3v) is 7.04. The largest absolute Gasteiger partial charge is 0.454 e. The van der Waals surface area contributed by atoms with Crippen LogP contribution in [0, 0.1) is 17.0 Å². The molecule has 0 spiro atoms. The van der Waals surface area contributed by atoms with E-state index in [0.29, 0.717) is 27.8 Å². The molecule has 10 nitrogen and oxygen atoms in total. The second-order valence-corrected chi connectivity index (χ2v) is 9.02. The molecule has 3 aliphatic heterocycles. The van der Waals surface area contributed by atoms with E-state index in [0.717, 1.165) is 22.6 Å². The van der Waals surface area contributed by atoms with Gasteiger partial charge in [0.2, 0.25) is 6.79 Å². The van der Waals surface area contributed by atoms with Crippen LogP contribution in [0.5, 0.6) is 11.5 Å². The minimum atomic E-state index is -1.17. The number of ether oxygens (including phenoxy) is 2. The molecule has 6 rings (SSSR count). The van der Waals surface area contributed by atoms with E-state index >= 15 is 0 Å². The van der Waals surface area contributed by atoms with Gasteiger partial charge in [-0.05, 0) is 48.4 Å². The Morgan fingerprint density at radius 3 is 2.39 bits per heavy atom. The third-order valence-electron chi connectivity index (χ3n) is 6.63. The monoisotopic (exact) mass is 505 g/mol. The molecule has 36 heavy (non-hydrogen) atoms. The van der Waals surface area contributed by atoms with Crippen molar-refractivity contribution in [1.82, 2.24) is 4.90 Å². The number of non-ortho nitro benzene ring substituents is 1. The van der Waals surface area contributed by atoms with Gasteiger partial charge < -0.3 is 14.4 Å². The van der Waals surface area contributed by atoms with Crippen LogP contribution < -0.4 is 14.4 Å². The Morgan fingerprint density at radius 1 is 0.889 bits per heavy atom. The maximum Gasteiger partial charge on any atom is 0.270 e. The lowest BCUT2D eigenvalue weighted by Gasteiger charge is -2.49. The summed E-state index contributed by atoms with van der Waals surface area (Å²) in [5.74, 6) is -0.911. The fraction of sp³-hybridized carbons (Fsp3) is 0.160. The molecule has 3 aliphatic rings. The number of rotatable bonds is 4. The number of amides is 3. The normalized spacial score (nSPS) is 20.0.